The number of halogens is 1. The summed E-state index contributed by atoms with van der Waals surface area (Å²) in [6, 6.07) is 5.53. The van der Waals surface area contributed by atoms with Gasteiger partial charge in [0.25, 0.3) is 0 Å². The van der Waals surface area contributed by atoms with Gasteiger partial charge in [-0.3, -0.25) is 5.10 Å². The minimum Gasteiger partial charge on any atom is -0.496 e. The zero-order chi connectivity index (χ0) is 13.3. The molecule has 0 aliphatic rings. The SMILES string of the molecule is COc1c(-c2cc(N)n[nH]2)cc(Cl)cc1C(C)C. The summed E-state index contributed by atoms with van der Waals surface area (Å²) >= 11 is 6.16. The minimum atomic E-state index is 0.317. The van der Waals surface area contributed by atoms with Gasteiger partial charge in [-0.05, 0) is 23.6 Å². The molecule has 0 saturated carbocycles. The molecule has 3 N–H and O–H groups in total. The van der Waals surface area contributed by atoms with Crippen molar-refractivity contribution in [1.29, 1.82) is 0 Å². The highest BCUT2D eigenvalue weighted by Gasteiger charge is 2.16. The third-order valence-electron chi connectivity index (χ3n) is 2.80. The summed E-state index contributed by atoms with van der Waals surface area (Å²) < 4.78 is 5.51. The number of aromatic amines is 1. The molecular formula is C13H16ClN3O. The lowest BCUT2D eigenvalue weighted by Gasteiger charge is -2.16. The lowest BCUT2D eigenvalue weighted by Crippen LogP contribution is -1.97. The molecule has 0 spiro atoms. The number of nitrogens with zero attached hydrogens (tertiary/aromatic N) is 1. The fourth-order valence-corrected chi connectivity index (χ4v) is 2.17. The van der Waals surface area contributed by atoms with Gasteiger partial charge in [0.2, 0.25) is 0 Å². The zero-order valence-corrected chi connectivity index (χ0v) is 11.4. The molecule has 0 aliphatic heterocycles. The third-order valence-corrected chi connectivity index (χ3v) is 3.01. The standard InChI is InChI=1S/C13H16ClN3O/c1-7(2)9-4-8(14)5-10(13(9)18-3)11-6-12(15)17-16-11/h4-7H,1-3H3,(H3,15,16,17). The van der Waals surface area contributed by atoms with Gasteiger partial charge < -0.3 is 10.5 Å². The summed E-state index contributed by atoms with van der Waals surface area (Å²) in [6.07, 6.45) is 0. The topological polar surface area (TPSA) is 63.9 Å². The Morgan fingerprint density at radius 3 is 2.56 bits per heavy atom. The number of nitrogens with one attached hydrogen (secondary N) is 1. The van der Waals surface area contributed by atoms with Gasteiger partial charge in [-0.2, -0.15) is 5.10 Å². The molecule has 1 aromatic heterocycles. The first-order valence-corrected chi connectivity index (χ1v) is 6.09. The van der Waals surface area contributed by atoms with E-state index in [-0.39, 0.29) is 0 Å². The molecule has 0 bridgehead atoms. The van der Waals surface area contributed by atoms with Crippen molar-refractivity contribution in [3.05, 3.63) is 28.8 Å². The Morgan fingerprint density at radius 2 is 2.06 bits per heavy atom. The molecule has 2 rings (SSSR count). The lowest BCUT2D eigenvalue weighted by atomic mass is 9.97. The van der Waals surface area contributed by atoms with E-state index in [0.29, 0.717) is 16.8 Å². The average Bonchev–Trinajstić information content (AvgIpc) is 2.74. The highest BCUT2D eigenvalue weighted by Crippen LogP contribution is 2.38. The van der Waals surface area contributed by atoms with Crippen molar-refractivity contribution in [2.24, 2.45) is 0 Å². The lowest BCUT2D eigenvalue weighted by molar-refractivity contribution is 0.409. The largest absolute Gasteiger partial charge is 0.496 e. The molecule has 18 heavy (non-hydrogen) atoms. The first kappa shape index (κ1) is 12.8. The van der Waals surface area contributed by atoms with Crippen LogP contribution >= 0.6 is 11.6 Å². The van der Waals surface area contributed by atoms with E-state index in [0.717, 1.165) is 22.6 Å². The Labute approximate surface area is 111 Å². The van der Waals surface area contributed by atoms with E-state index in [1.807, 2.05) is 12.1 Å². The average molecular weight is 266 g/mol. The molecule has 4 nitrogen and oxygen atoms in total. The van der Waals surface area contributed by atoms with Crippen LogP contribution in [-0.2, 0) is 0 Å². The number of rotatable bonds is 3. The van der Waals surface area contributed by atoms with E-state index in [1.54, 1.807) is 13.2 Å². The molecule has 2 aromatic rings. The predicted octanol–water partition coefficient (Wildman–Crippen LogP) is 3.44. The highest BCUT2D eigenvalue weighted by atomic mass is 35.5. The van der Waals surface area contributed by atoms with Crippen molar-refractivity contribution in [3.8, 4) is 17.0 Å². The van der Waals surface area contributed by atoms with Gasteiger partial charge >= 0.3 is 0 Å². The van der Waals surface area contributed by atoms with Crippen LogP contribution in [0.15, 0.2) is 18.2 Å². The number of nitrogens with two attached hydrogens (primary N) is 1. The summed E-state index contributed by atoms with van der Waals surface area (Å²) in [5, 5.41) is 7.47. The van der Waals surface area contributed by atoms with Crippen molar-refractivity contribution in [2.45, 2.75) is 19.8 Å². The first-order valence-electron chi connectivity index (χ1n) is 5.71. The van der Waals surface area contributed by atoms with Crippen LogP contribution in [0.5, 0.6) is 5.75 Å². The van der Waals surface area contributed by atoms with E-state index < -0.39 is 0 Å². The molecule has 0 saturated heterocycles. The molecule has 0 atom stereocenters. The van der Waals surface area contributed by atoms with E-state index >= 15 is 0 Å². The smallest absolute Gasteiger partial charge is 0.145 e. The number of anilines is 1. The number of ether oxygens (including phenoxy) is 1. The van der Waals surface area contributed by atoms with Gasteiger partial charge in [-0.15, -0.1) is 0 Å². The molecule has 0 fully saturated rings. The van der Waals surface area contributed by atoms with Gasteiger partial charge in [0, 0.05) is 16.7 Å². The van der Waals surface area contributed by atoms with Crippen LogP contribution in [0, 0.1) is 0 Å². The Balaban J connectivity index is 2.65. The molecule has 1 aromatic carbocycles. The summed E-state index contributed by atoms with van der Waals surface area (Å²) in [6.45, 7) is 4.19. The molecule has 0 radical (unpaired) electrons. The quantitative estimate of drug-likeness (QED) is 0.893. The molecular weight excluding hydrogens is 250 g/mol. The van der Waals surface area contributed by atoms with E-state index in [9.17, 15) is 0 Å². The second-order valence-corrected chi connectivity index (χ2v) is 4.87. The maximum atomic E-state index is 6.16. The van der Waals surface area contributed by atoms with Crippen molar-refractivity contribution in [1.82, 2.24) is 10.2 Å². The number of H-pyrrole nitrogens is 1. The van der Waals surface area contributed by atoms with Crippen LogP contribution in [0.1, 0.15) is 25.3 Å². The number of methoxy groups -OCH3 is 1. The Kier molecular flexibility index (Phi) is 3.48. The highest BCUT2D eigenvalue weighted by molar-refractivity contribution is 6.31. The molecule has 0 unspecified atom stereocenters. The fourth-order valence-electron chi connectivity index (χ4n) is 1.95. The van der Waals surface area contributed by atoms with Crippen LogP contribution < -0.4 is 10.5 Å². The number of nitrogen functional groups attached to an aromatic ring is 1. The van der Waals surface area contributed by atoms with Gasteiger partial charge in [0.15, 0.2) is 0 Å². The summed E-state index contributed by atoms with van der Waals surface area (Å²) in [4.78, 5) is 0. The number of aromatic nitrogens is 2. The number of hydrogen-bond donors (Lipinski definition) is 2. The van der Waals surface area contributed by atoms with E-state index in [4.69, 9.17) is 22.1 Å². The second kappa shape index (κ2) is 4.90. The summed E-state index contributed by atoms with van der Waals surface area (Å²) in [5.41, 5.74) is 8.36. The Bertz CT molecular complexity index is 563. The Hall–Kier alpha value is -1.68. The third kappa shape index (κ3) is 2.29. The van der Waals surface area contributed by atoms with E-state index in [1.165, 1.54) is 0 Å². The van der Waals surface area contributed by atoms with Gasteiger partial charge in [-0.25, -0.2) is 0 Å². The van der Waals surface area contributed by atoms with Gasteiger partial charge in [0.05, 0.1) is 12.8 Å². The van der Waals surface area contributed by atoms with Crippen LogP contribution in [-0.4, -0.2) is 17.3 Å². The number of hydrogen-bond acceptors (Lipinski definition) is 3. The van der Waals surface area contributed by atoms with Crippen LogP contribution in [0.4, 0.5) is 5.82 Å². The van der Waals surface area contributed by atoms with Gasteiger partial charge in [0.1, 0.15) is 11.6 Å². The van der Waals surface area contributed by atoms with E-state index in [2.05, 4.69) is 24.0 Å². The van der Waals surface area contributed by atoms with Crippen molar-refractivity contribution in [2.75, 3.05) is 12.8 Å². The van der Waals surface area contributed by atoms with Crippen LogP contribution in [0.25, 0.3) is 11.3 Å². The van der Waals surface area contributed by atoms with Crippen LogP contribution in [0.2, 0.25) is 5.02 Å². The summed E-state index contributed by atoms with van der Waals surface area (Å²) in [7, 11) is 1.65. The minimum absolute atomic E-state index is 0.317. The Morgan fingerprint density at radius 1 is 1.33 bits per heavy atom. The zero-order valence-electron chi connectivity index (χ0n) is 10.6. The molecule has 1 heterocycles. The second-order valence-electron chi connectivity index (χ2n) is 4.44. The van der Waals surface area contributed by atoms with Gasteiger partial charge in [-0.1, -0.05) is 25.4 Å². The number of benzene rings is 1. The molecule has 0 amide bonds. The van der Waals surface area contributed by atoms with Crippen molar-refractivity contribution in [3.63, 3.8) is 0 Å². The van der Waals surface area contributed by atoms with Crippen molar-refractivity contribution < 1.29 is 4.74 Å². The summed E-state index contributed by atoms with van der Waals surface area (Å²) in [5.74, 6) is 1.56. The molecule has 5 heteroatoms. The fraction of sp³-hybridized carbons (Fsp3) is 0.308. The van der Waals surface area contributed by atoms with Crippen molar-refractivity contribution >= 4 is 17.4 Å². The molecule has 0 aliphatic carbocycles. The van der Waals surface area contributed by atoms with Crippen LogP contribution in [0.3, 0.4) is 0 Å². The normalized spacial score (nSPS) is 10.9. The first-order chi connectivity index (χ1) is 8.52. The monoisotopic (exact) mass is 265 g/mol. The maximum absolute atomic E-state index is 6.16. The maximum Gasteiger partial charge on any atom is 0.145 e. The molecule has 96 valence electrons. The predicted molar refractivity (Wildman–Crippen MR) is 74.1 cm³/mol.